The Labute approximate surface area is 137 Å². The Morgan fingerprint density at radius 1 is 1.00 bits per heavy atom. The van der Waals surface area contributed by atoms with Crippen LogP contribution in [0.3, 0.4) is 0 Å². The number of halogens is 1. The van der Waals surface area contributed by atoms with E-state index in [9.17, 15) is 0 Å². The molecule has 1 saturated heterocycles. The standard InChI is InChI=1S/C19H21ClN2/c20-16-5-6-17-15(12-16)4-3-14-2-1-9-22-19(14)18(17)13-7-10-21-11-8-13/h1-2,9,12,21H,3-8,10-11H2. The largest absolute Gasteiger partial charge is 0.316 e. The van der Waals surface area contributed by atoms with E-state index in [-0.39, 0.29) is 0 Å². The molecule has 0 spiro atoms. The maximum atomic E-state index is 6.32. The lowest BCUT2D eigenvalue weighted by atomic mass is 9.84. The van der Waals surface area contributed by atoms with E-state index in [1.807, 2.05) is 6.20 Å². The van der Waals surface area contributed by atoms with Gasteiger partial charge in [0.05, 0.1) is 5.69 Å². The minimum absolute atomic E-state index is 0.970. The molecule has 0 saturated carbocycles. The molecule has 1 aromatic rings. The average Bonchev–Trinajstić information content (AvgIpc) is 2.72. The van der Waals surface area contributed by atoms with Gasteiger partial charge in [-0.15, -0.1) is 0 Å². The average molecular weight is 313 g/mol. The molecule has 0 aromatic carbocycles. The second-order valence-corrected chi connectivity index (χ2v) is 6.82. The van der Waals surface area contributed by atoms with Gasteiger partial charge >= 0.3 is 0 Å². The quantitative estimate of drug-likeness (QED) is 0.769. The van der Waals surface area contributed by atoms with Gasteiger partial charge in [-0.2, -0.15) is 0 Å². The van der Waals surface area contributed by atoms with Crippen molar-refractivity contribution < 1.29 is 0 Å². The third-order valence-electron chi connectivity index (χ3n) is 4.99. The van der Waals surface area contributed by atoms with Crippen molar-refractivity contribution in [3.63, 3.8) is 0 Å². The highest BCUT2D eigenvalue weighted by molar-refractivity contribution is 6.29. The molecule has 1 aliphatic heterocycles. The highest BCUT2D eigenvalue weighted by Crippen LogP contribution is 2.42. The smallest absolute Gasteiger partial charge is 0.0736 e. The number of aromatic nitrogens is 1. The first-order chi connectivity index (χ1) is 10.8. The van der Waals surface area contributed by atoms with Crippen LogP contribution in [0.2, 0.25) is 0 Å². The molecule has 0 atom stereocenters. The van der Waals surface area contributed by atoms with Gasteiger partial charge in [-0.05, 0) is 80.5 Å². The number of piperidine rings is 1. The van der Waals surface area contributed by atoms with E-state index in [0.717, 1.165) is 56.6 Å². The number of nitrogens with zero attached hydrogens (tertiary/aromatic N) is 1. The molecule has 0 radical (unpaired) electrons. The lowest BCUT2D eigenvalue weighted by Crippen LogP contribution is -2.24. The summed E-state index contributed by atoms with van der Waals surface area (Å²) < 4.78 is 0. The van der Waals surface area contributed by atoms with Crippen LogP contribution in [0.4, 0.5) is 0 Å². The monoisotopic (exact) mass is 312 g/mol. The van der Waals surface area contributed by atoms with Gasteiger partial charge in [0.15, 0.2) is 0 Å². The van der Waals surface area contributed by atoms with E-state index in [0.29, 0.717) is 0 Å². The number of pyridine rings is 1. The minimum Gasteiger partial charge on any atom is -0.316 e. The summed E-state index contributed by atoms with van der Waals surface area (Å²) in [6.07, 6.45) is 10.6. The fraction of sp³-hybridized carbons (Fsp3) is 0.421. The topological polar surface area (TPSA) is 24.9 Å². The van der Waals surface area contributed by atoms with Crippen molar-refractivity contribution in [2.75, 3.05) is 13.1 Å². The molecule has 4 rings (SSSR count). The van der Waals surface area contributed by atoms with Crippen molar-refractivity contribution in [3.05, 3.63) is 57.4 Å². The van der Waals surface area contributed by atoms with Gasteiger partial charge in [-0.1, -0.05) is 23.2 Å². The van der Waals surface area contributed by atoms with Gasteiger partial charge in [0.1, 0.15) is 0 Å². The molecule has 2 nitrogen and oxygen atoms in total. The van der Waals surface area contributed by atoms with Crippen molar-refractivity contribution >= 4 is 17.2 Å². The molecule has 0 amide bonds. The van der Waals surface area contributed by atoms with Crippen LogP contribution >= 0.6 is 11.6 Å². The van der Waals surface area contributed by atoms with Gasteiger partial charge in [0.2, 0.25) is 0 Å². The number of hydrogen-bond donors (Lipinski definition) is 1. The maximum absolute atomic E-state index is 6.32. The Kier molecular flexibility index (Phi) is 3.89. The first-order valence-electron chi connectivity index (χ1n) is 8.28. The Bertz CT molecular complexity index is 689. The molecule has 2 heterocycles. The van der Waals surface area contributed by atoms with E-state index in [4.69, 9.17) is 16.6 Å². The Balaban J connectivity index is 1.93. The molecular weight excluding hydrogens is 292 g/mol. The number of hydrogen-bond acceptors (Lipinski definition) is 2. The number of nitrogens with one attached hydrogen (secondary N) is 1. The Morgan fingerprint density at radius 2 is 1.86 bits per heavy atom. The lowest BCUT2D eigenvalue weighted by molar-refractivity contribution is 0.611. The highest BCUT2D eigenvalue weighted by Gasteiger charge is 2.26. The number of fused-ring (bicyclic) bond motifs is 1. The third kappa shape index (κ3) is 2.55. The second-order valence-electron chi connectivity index (χ2n) is 6.33. The fourth-order valence-corrected chi connectivity index (χ4v) is 4.13. The van der Waals surface area contributed by atoms with E-state index in [2.05, 4.69) is 23.5 Å². The molecule has 22 heavy (non-hydrogen) atoms. The molecule has 1 aromatic heterocycles. The van der Waals surface area contributed by atoms with E-state index < -0.39 is 0 Å². The molecule has 3 aliphatic rings. The summed E-state index contributed by atoms with van der Waals surface area (Å²) in [4.78, 5) is 4.78. The lowest BCUT2D eigenvalue weighted by Gasteiger charge is -2.24. The molecule has 2 aliphatic carbocycles. The first-order valence-corrected chi connectivity index (χ1v) is 8.66. The zero-order valence-electron chi connectivity index (χ0n) is 12.8. The zero-order valence-corrected chi connectivity index (χ0v) is 13.5. The van der Waals surface area contributed by atoms with Gasteiger partial charge in [-0.3, -0.25) is 4.98 Å². The van der Waals surface area contributed by atoms with Crippen LogP contribution in [0.1, 0.15) is 43.4 Å². The van der Waals surface area contributed by atoms with Gasteiger partial charge in [-0.25, -0.2) is 0 Å². The summed E-state index contributed by atoms with van der Waals surface area (Å²) >= 11 is 6.32. The zero-order chi connectivity index (χ0) is 14.9. The predicted octanol–water partition coefficient (Wildman–Crippen LogP) is 4.38. The number of rotatable bonds is 0. The molecule has 0 bridgehead atoms. The third-order valence-corrected chi connectivity index (χ3v) is 5.28. The molecule has 1 N–H and O–H groups in total. The van der Waals surface area contributed by atoms with E-state index in [1.165, 1.54) is 28.0 Å². The highest BCUT2D eigenvalue weighted by atomic mass is 35.5. The van der Waals surface area contributed by atoms with Gasteiger partial charge in [0, 0.05) is 16.8 Å². The predicted molar refractivity (Wildman–Crippen MR) is 91.8 cm³/mol. The molecule has 0 unspecified atom stereocenters. The van der Waals surface area contributed by atoms with Crippen LogP contribution in [0, 0.1) is 0 Å². The summed E-state index contributed by atoms with van der Waals surface area (Å²) in [6, 6.07) is 4.31. The van der Waals surface area contributed by atoms with Crippen LogP contribution in [-0.4, -0.2) is 18.1 Å². The molecular formula is C19H21ClN2. The summed E-state index contributed by atoms with van der Waals surface area (Å²) in [5.41, 5.74) is 8.61. The van der Waals surface area contributed by atoms with E-state index >= 15 is 0 Å². The summed E-state index contributed by atoms with van der Waals surface area (Å²) in [5.74, 6) is 0. The van der Waals surface area contributed by atoms with Crippen molar-refractivity contribution in [3.8, 4) is 0 Å². The van der Waals surface area contributed by atoms with Crippen molar-refractivity contribution in [2.24, 2.45) is 0 Å². The van der Waals surface area contributed by atoms with E-state index in [1.54, 1.807) is 5.57 Å². The summed E-state index contributed by atoms with van der Waals surface area (Å²) in [5, 5.41) is 4.48. The minimum atomic E-state index is 0.970. The second kappa shape index (κ2) is 6.02. The van der Waals surface area contributed by atoms with Crippen LogP contribution in [-0.2, 0) is 6.42 Å². The summed E-state index contributed by atoms with van der Waals surface area (Å²) in [6.45, 7) is 2.17. The SMILES string of the molecule is ClC1=CC2=C(CC1)C(=C1CCNCC1)c1ncccc1CC2. The molecule has 1 fully saturated rings. The van der Waals surface area contributed by atoms with Crippen LogP contribution in [0.25, 0.3) is 5.57 Å². The molecule has 3 heteroatoms. The normalized spacial score (nSPS) is 22.0. The van der Waals surface area contributed by atoms with Crippen molar-refractivity contribution in [2.45, 2.75) is 38.5 Å². The summed E-state index contributed by atoms with van der Waals surface area (Å²) in [7, 11) is 0. The van der Waals surface area contributed by atoms with Gasteiger partial charge in [0.25, 0.3) is 0 Å². The number of allylic oxidation sites excluding steroid dienone is 5. The fourth-order valence-electron chi connectivity index (χ4n) is 3.90. The van der Waals surface area contributed by atoms with Crippen molar-refractivity contribution in [1.29, 1.82) is 0 Å². The van der Waals surface area contributed by atoms with Crippen LogP contribution in [0.5, 0.6) is 0 Å². The number of aryl methyl sites for hydroxylation is 1. The van der Waals surface area contributed by atoms with Gasteiger partial charge < -0.3 is 5.32 Å². The Morgan fingerprint density at radius 3 is 2.73 bits per heavy atom. The van der Waals surface area contributed by atoms with Crippen molar-refractivity contribution in [1.82, 2.24) is 10.3 Å². The first kappa shape index (κ1) is 14.2. The Hall–Kier alpha value is -1.38. The maximum Gasteiger partial charge on any atom is 0.0736 e. The van der Waals surface area contributed by atoms with Crippen LogP contribution < -0.4 is 5.32 Å². The molecule has 114 valence electrons. The van der Waals surface area contributed by atoms with Crippen LogP contribution in [0.15, 0.2) is 46.2 Å².